The first-order valence-electron chi connectivity index (χ1n) is 9.50. The predicted molar refractivity (Wildman–Crippen MR) is 94.8 cm³/mol. The minimum atomic E-state index is -0.606. The zero-order chi connectivity index (χ0) is 16.9. The monoisotopic (exact) mass is 327 g/mol. The fourth-order valence-electron chi connectivity index (χ4n) is 5.20. The first-order chi connectivity index (χ1) is 11.4. The number of likely N-dealkylation sites (tertiary alicyclic amines) is 1. The highest BCUT2D eigenvalue weighted by Gasteiger charge is 2.53. The van der Waals surface area contributed by atoms with Gasteiger partial charge in [0.2, 0.25) is 5.91 Å². The number of amides is 1. The number of rotatable bonds is 3. The lowest BCUT2D eigenvalue weighted by Crippen LogP contribution is -2.61. The second-order valence-electron chi connectivity index (χ2n) is 8.83. The van der Waals surface area contributed by atoms with Crippen molar-refractivity contribution >= 4 is 5.91 Å². The average Bonchev–Trinajstić information content (AvgIpc) is 2.96. The van der Waals surface area contributed by atoms with Crippen molar-refractivity contribution in [3.05, 3.63) is 35.4 Å². The van der Waals surface area contributed by atoms with Crippen molar-refractivity contribution in [1.29, 1.82) is 0 Å². The molecule has 1 aromatic carbocycles. The quantitative estimate of drug-likeness (QED) is 0.923. The van der Waals surface area contributed by atoms with Crippen LogP contribution in [0.25, 0.3) is 0 Å². The van der Waals surface area contributed by atoms with E-state index in [1.807, 2.05) is 11.8 Å². The van der Waals surface area contributed by atoms with Gasteiger partial charge in [0, 0.05) is 24.4 Å². The van der Waals surface area contributed by atoms with Crippen LogP contribution in [0, 0.1) is 11.3 Å². The van der Waals surface area contributed by atoms with Crippen LogP contribution in [-0.2, 0) is 11.2 Å². The van der Waals surface area contributed by atoms with Gasteiger partial charge in [0.1, 0.15) is 0 Å². The topological polar surface area (TPSA) is 40.5 Å². The third kappa shape index (κ3) is 2.77. The second kappa shape index (κ2) is 5.59. The Kier molecular flexibility index (Phi) is 3.76. The molecule has 1 aliphatic heterocycles. The molecule has 3 nitrogen and oxygen atoms in total. The van der Waals surface area contributed by atoms with Gasteiger partial charge in [0.25, 0.3) is 0 Å². The first-order valence-corrected chi connectivity index (χ1v) is 9.50. The molecule has 3 aliphatic rings. The van der Waals surface area contributed by atoms with Gasteiger partial charge in [-0.1, -0.05) is 31.2 Å². The summed E-state index contributed by atoms with van der Waals surface area (Å²) in [5.41, 5.74) is 2.68. The summed E-state index contributed by atoms with van der Waals surface area (Å²) in [4.78, 5) is 14.5. The molecule has 0 unspecified atom stereocenters. The van der Waals surface area contributed by atoms with E-state index in [4.69, 9.17) is 0 Å². The van der Waals surface area contributed by atoms with Crippen molar-refractivity contribution in [3.8, 4) is 0 Å². The van der Waals surface area contributed by atoms with Gasteiger partial charge in [0.15, 0.2) is 0 Å². The number of aliphatic hydroxyl groups is 1. The van der Waals surface area contributed by atoms with Gasteiger partial charge < -0.3 is 10.0 Å². The minimum Gasteiger partial charge on any atom is -0.390 e. The summed E-state index contributed by atoms with van der Waals surface area (Å²) in [6.45, 7) is 5.92. The number of hydrogen-bond acceptors (Lipinski definition) is 2. The Morgan fingerprint density at radius 2 is 2.04 bits per heavy atom. The third-order valence-corrected chi connectivity index (χ3v) is 6.62. The van der Waals surface area contributed by atoms with E-state index in [1.54, 1.807) is 0 Å². The molecule has 1 atom stereocenters. The van der Waals surface area contributed by atoms with Gasteiger partial charge in [-0.05, 0) is 62.5 Å². The van der Waals surface area contributed by atoms with E-state index in [0.717, 1.165) is 19.5 Å². The van der Waals surface area contributed by atoms with E-state index in [9.17, 15) is 9.90 Å². The molecule has 0 aromatic heterocycles. The third-order valence-electron chi connectivity index (χ3n) is 6.62. The van der Waals surface area contributed by atoms with Crippen LogP contribution in [0.15, 0.2) is 24.3 Å². The average molecular weight is 327 g/mol. The highest BCUT2D eigenvalue weighted by molar-refractivity contribution is 5.81. The van der Waals surface area contributed by atoms with Crippen molar-refractivity contribution in [1.82, 2.24) is 4.90 Å². The van der Waals surface area contributed by atoms with E-state index in [1.165, 1.54) is 30.4 Å². The molecule has 130 valence electrons. The molecule has 1 saturated heterocycles. The fourth-order valence-corrected chi connectivity index (χ4v) is 5.20. The smallest absolute Gasteiger partial charge is 0.225 e. The molecule has 0 radical (unpaired) electrons. The lowest BCUT2D eigenvalue weighted by molar-refractivity contribution is -0.161. The molecular weight excluding hydrogens is 298 g/mol. The van der Waals surface area contributed by atoms with Crippen LogP contribution < -0.4 is 0 Å². The molecule has 3 heteroatoms. The number of nitrogens with zero attached hydrogens (tertiary/aromatic N) is 1. The molecule has 1 spiro atoms. The Labute approximate surface area is 145 Å². The Bertz CT molecular complexity index is 637. The molecule has 1 aromatic rings. The predicted octanol–water partition coefficient (Wildman–Crippen LogP) is 3.51. The molecule has 4 rings (SSSR count). The zero-order valence-electron chi connectivity index (χ0n) is 14.9. The summed E-state index contributed by atoms with van der Waals surface area (Å²) < 4.78 is 0. The number of carbonyl (C=O) groups is 1. The molecule has 24 heavy (non-hydrogen) atoms. The highest BCUT2D eigenvalue weighted by atomic mass is 16.3. The van der Waals surface area contributed by atoms with Crippen LogP contribution in [0.2, 0.25) is 0 Å². The van der Waals surface area contributed by atoms with Crippen LogP contribution in [0.1, 0.15) is 63.0 Å². The first kappa shape index (κ1) is 16.1. The maximum absolute atomic E-state index is 12.5. The van der Waals surface area contributed by atoms with Crippen LogP contribution >= 0.6 is 0 Å². The Balaban J connectivity index is 1.34. The molecule has 2 saturated carbocycles. The maximum atomic E-state index is 12.5. The van der Waals surface area contributed by atoms with Gasteiger partial charge in [0.05, 0.1) is 5.60 Å². The molecular formula is C21H29NO2. The summed E-state index contributed by atoms with van der Waals surface area (Å²) in [7, 11) is 0. The van der Waals surface area contributed by atoms with Gasteiger partial charge in [-0.2, -0.15) is 0 Å². The van der Waals surface area contributed by atoms with E-state index < -0.39 is 5.60 Å². The maximum Gasteiger partial charge on any atom is 0.225 e. The van der Waals surface area contributed by atoms with E-state index in [0.29, 0.717) is 24.2 Å². The van der Waals surface area contributed by atoms with Crippen LogP contribution in [-0.4, -0.2) is 34.6 Å². The lowest BCUT2D eigenvalue weighted by Gasteiger charge is -2.52. The van der Waals surface area contributed by atoms with Gasteiger partial charge in [-0.15, -0.1) is 0 Å². The number of carbonyl (C=O) groups excluding carboxylic acids is 1. The summed E-state index contributed by atoms with van der Waals surface area (Å²) in [6.07, 6.45) is 6.11. The largest absolute Gasteiger partial charge is 0.390 e. The van der Waals surface area contributed by atoms with E-state index in [-0.39, 0.29) is 11.8 Å². The number of aryl methyl sites for hydroxylation is 1. The summed E-state index contributed by atoms with van der Waals surface area (Å²) in [5, 5.41) is 9.84. The normalized spacial score (nSPS) is 34.0. The fraction of sp³-hybridized carbons (Fsp3) is 0.667. The lowest BCUT2D eigenvalue weighted by atomic mass is 9.69. The van der Waals surface area contributed by atoms with Crippen molar-refractivity contribution in [2.24, 2.45) is 11.3 Å². The zero-order valence-corrected chi connectivity index (χ0v) is 14.9. The SMILES string of the molecule is CCc1cccc([C@@H]2CCC3(C2)CN(C(=O)C2CC(C)(O)C2)C3)c1. The molecule has 1 heterocycles. The minimum absolute atomic E-state index is 0.0655. The molecule has 2 aliphatic carbocycles. The molecule has 0 bridgehead atoms. The van der Waals surface area contributed by atoms with E-state index in [2.05, 4.69) is 31.2 Å². The van der Waals surface area contributed by atoms with Crippen LogP contribution in [0.3, 0.4) is 0 Å². The number of benzene rings is 1. The highest BCUT2D eigenvalue weighted by Crippen LogP contribution is 2.52. The van der Waals surface area contributed by atoms with E-state index >= 15 is 0 Å². The van der Waals surface area contributed by atoms with Crippen molar-refractivity contribution in [3.63, 3.8) is 0 Å². The van der Waals surface area contributed by atoms with Crippen LogP contribution in [0.5, 0.6) is 0 Å². The summed E-state index contributed by atoms with van der Waals surface area (Å²) >= 11 is 0. The molecule has 3 fully saturated rings. The van der Waals surface area contributed by atoms with Gasteiger partial charge in [-0.25, -0.2) is 0 Å². The molecule has 1 amide bonds. The Morgan fingerprint density at radius 1 is 1.29 bits per heavy atom. The molecule has 1 N–H and O–H groups in total. The standard InChI is InChI=1S/C21H29NO2/c1-3-15-5-4-6-16(9-15)17-7-8-21(12-17)13-22(14-21)19(23)18-10-20(2,24)11-18/h4-6,9,17-18,24H,3,7-8,10-14H2,1-2H3/t17-,18?,20?/m1/s1. The number of hydrogen-bond donors (Lipinski definition) is 1. The van der Waals surface area contributed by atoms with Gasteiger partial charge in [-0.3, -0.25) is 4.79 Å². The Hall–Kier alpha value is -1.35. The van der Waals surface area contributed by atoms with Crippen LogP contribution in [0.4, 0.5) is 0 Å². The van der Waals surface area contributed by atoms with Gasteiger partial charge >= 0.3 is 0 Å². The second-order valence-corrected chi connectivity index (χ2v) is 8.83. The summed E-state index contributed by atoms with van der Waals surface area (Å²) in [6, 6.07) is 9.06. The summed E-state index contributed by atoms with van der Waals surface area (Å²) in [5.74, 6) is 1.01. The Morgan fingerprint density at radius 3 is 2.71 bits per heavy atom. The van der Waals surface area contributed by atoms with Crippen molar-refractivity contribution in [2.75, 3.05) is 13.1 Å². The van der Waals surface area contributed by atoms with Crippen molar-refractivity contribution < 1.29 is 9.90 Å². The van der Waals surface area contributed by atoms with Crippen molar-refractivity contribution in [2.45, 2.75) is 63.9 Å².